The van der Waals surface area contributed by atoms with Crippen LogP contribution in [0.15, 0.2) is 256 Å². The lowest BCUT2D eigenvalue weighted by atomic mass is 9.79. The van der Waals surface area contributed by atoms with Crippen molar-refractivity contribution in [1.82, 2.24) is 39.9 Å². The standard InChI is InChI=1S/C19H15ClN2O.C19H16N2O2.C15H11N3O3.C15H13N3O.C7H6BNO6.C7H8BNO5/c1-2-16(23)10-13-7-14(11-20)9-15(8-13)19-12-21-17-5-3-4-6-18(17)22-19;1-2-16(23)10-13-7-14(12-22)9-15(8-13)19-11-20-17-5-3-4-6-18(17)21-19;19-9-10-5-11(7-12(6-10)18(20)21)15-8-16-13-3-1-2-4-14(13)17-15;16-12-6-10(9-19)5-11(7-12)15-8-17-13-3-1-2-4-14(13)18-15;10-7(11)4-1-5(8(12)13)3-6(2-4)9(14)15;10-4-5-1-6(8(11)12)3-7(2-5)9(13)14/h2-9,12H,1,10-11H2;2-9,11,22H,1,10,12H2;1-8,19H,9H2;1-8,19H,9,16H2;1-3,12-13H,(H,10,11);1-3,10-12H,4H2. The molecule has 0 spiro atoms. The van der Waals surface area contributed by atoms with Crippen molar-refractivity contribution in [3.05, 3.63) is 331 Å². The summed E-state index contributed by atoms with van der Waals surface area (Å²) in [5, 5.41) is 112. The number of nitrogens with zero attached hydrogens (tertiary/aromatic N) is 11. The highest BCUT2D eigenvalue weighted by Crippen LogP contribution is 2.29. The smallest absolute Gasteiger partial charge is 0.478 e. The van der Waals surface area contributed by atoms with Crippen LogP contribution in [0.4, 0.5) is 22.7 Å². The molecule has 0 saturated heterocycles. The Morgan fingerprint density at radius 1 is 0.391 bits per heavy atom. The number of fused-ring (bicyclic) bond motifs is 4. The number of carboxylic acid groups (broad SMARTS) is 1. The van der Waals surface area contributed by atoms with Crippen molar-refractivity contribution in [2.45, 2.75) is 45.1 Å². The molecule has 30 nitrogen and oxygen atoms in total. The van der Waals surface area contributed by atoms with Gasteiger partial charge in [0.05, 0.1) is 138 Å². The van der Waals surface area contributed by atoms with Crippen LogP contribution >= 0.6 is 11.6 Å². The topological polar surface area (TPSA) is 492 Å². The number of rotatable bonds is 21. The van der Waals surface area contributed by atoms with E-state index in [9.17, 15) is 60.0 Å². The summed E-state index contributed by atoms with van der Waals surface area (Å²) in [6.07, 6.45) is 9.95. The second-order valence-electron chi connectivity index (χ2n) is 24.9. The molecule has 0 amide bonds. The molecule has 0 radical (unpaired) electrons. The van der Waals surface area contributed by atoms with Crippen molar-refractivity contribution >= 4 is 121 Å². The number of carboxylic acids is 1. The second-order valence-corrected chi connectivity index (χ2v) is 25.2. The summed E-state index contributed by atoms with van der Waals surface area (Å²) < 4.78 is 0. The van der Waals surface area contributed by atoms with E-state index in [4.69, 9.17) is 47.6 Å². The molecule has 4 aromatic heterocycles. The van der Waals surface area contributed by atoms with Crippen LogP contribution in [0.25, 0.3) is 89.2 Å². The van der Waals surface area contributed by atoms with Crippen LogP contribution in [0.2, 0.25) is 0 Å². The summed E-state index contributed by atoms with van der Waals surface area (Å²) >= 11 is 5.98. The number of carbonyl (C=O) groups is 3. The molecule has 0 aliphatic carbocycles. The van der Waals surface area contributed by atoms with Gasteiger partial charge in [-0.25, -0.2) is 24.7 Å². The normalized spacial score (nSPS) is 10.5. The van der Waals surface area contributed by atoms with Crippen LogP contribution < -0.4 is 16.7 Å². The van der Waals surface area contributed by atoms with Gasteiger partial charge in [-0.2, -0.15) is 0 Å². The summed E-state index contributed by atoms with van der Waals surface area (Å²) in [5.41, 5.74) is 22.3. The van der Waals surface area contributed by atoms with Crippen molar-refractivity contribution in [3.8, 4) is 45.0 Å². The quantitative estimate of drug-likeness (QED) is 0.00798. The van der Waals surface area contributed by atoms with E-state index in [-0.39, 0.29) is 77.8 Å². The van der Waals surface area contributed by atoms with Gasteiger partial charge in [0.2, 0.25) is 0 Å². The number of non-ortho nitro benzene ring substituents is 3. The molecule has 14 aromatic rings. The maximum absolute atomic E-state index is 11.6. The first-order valence-electron chi connectivity index (χ1n) is 34.4. The average Bonchev–Trinajstić information content (AvgIpc) is 0.767. The molecular weight excluding hydrogens is 1500 g/mol. The number of nitro benzene ring substituents is 3. The molecule has 115 heavy (non-hydrogen) atoms. The number of alkyl halides is 1. The Morgan fingerprint density at radius 3 is 1.03 bits per heavy atom. The second kappa shape index (κ2) is 40.8. The van der Waals surface area contributed by atoms with Gasteiger partial charge in [0, 0.05) is 83.1 Å². The van der Waals surface area contributed by atoms with E-state index in [1.807, 2.05) is 146 Å². The first-order valence-corrected chi connectivity index (χ1v) is 35.0. The van der Waals surface area contributed by atoms with E-state index < -0.39 is 40.7 Å². The van der Waals surface area contributed by atoms with Gasteiger partial charge in [-0.3, -0.25) is 59.9 Å². The maximum Gasteiger partial charge on any atom is 0.488 e. The number of nitro groups is 3. The Balaban J connectivity index is 0.000000159. The molecule has 0 aliphatic rings. The Hall–Kier alpha value is -14.1. The zero-order valence-corrected chi connectivity index (χ0v) is 61.4. The monoisotopic (exact) mass is 1570 g/mol. The number of allylic oxidation sites excluding steroid dienone is 2. The maximum atomic E-state index is 11.6. The number of benzene rings is 10. The van der Waals surface area contributed by atoms with Crippen molar-refractivity contribution in [2.75, 3.05) is 5.73 Å². The van der Waals surface area contributed by atoms with Gasteiger partial charge in [0.1, 0.15) is 0 Å². The number of hydrogen-bond acceptors (Lipinski definition) is 26. The molecule has 33 heteroatoms. The highest BCUT2D eigenvalue weighted by atomic mass is 35.5. The van der Waals surface area contributed by atoms with Gasteiger partial charge in [-0.15, -0.1) is 11.6 Å². The summed E-state index contributed by atoms with van der Waals surface area (Å²) in [4.78, 5) is 99.4. The Morgan fingerprint density at radius 2 is 0.687 bits per heavy atom. The first kappa shape index (κ1) is 85.0. The summed E-state index contributed by atoms with van der Waals surface area (Å²) in [6, 6.07) is 58.0. The van der Waals surface area contributed by atoms with E-state index in [1.54, 1.807) is 36.9 Å². The van der Waals surface area contributed by atoms with Crippen LogP contribution in [0.5, 0.6) is 0 Å². The van der Waals surface area contributed by atoms with Crippen LogP contribution in [-0.2, 0) is 54.7 Å². The molecule has 0 aliphatic heterocycles. The van der Waals surface area contributed by atoms with Crippen LogP contribution in [-0.4, -0.2) is 132 Å². The number of aromatic nitrogens is 8. The Labute approximate surface area is 659 Å². The molecule has 14 rings (SSSR count). The van der Waals surface area contributed by atoms with Gasteiger partial charge < -0.3 is 51.4 Å². The number of halogens is 1. The van der Waals surface area contributed by atoms with Crippen molar-refractivity contribution in [3.63, 3.8) is 0 Å². The van der Waals surface area contributed by atoms with E-state index in [0.29, 0.717) is 46.0 Å². The highest BCUT2D eigenvalue weighted by molar-refractivity contribution is 6.59. The Bertz CT molecular complexity index is 5770. The molecule has 0 atom stereocenters. The van der Waals surface area contributed by atoms with E-state index >= 15 is 0 Å². The lowest BCUT2D eigenvalue weighted by Gasteiger charge is -2.08. The molecule has 0 unspecified atom stereocenters. The molecule has 11 N–H and O–H groups in total. The molecule has 0 saturated carbocycles. The van der Waals surface area contributed by atoms with Gasteiger partial charge in [0.15, 0.2) is 11.6 Å². The number of anilines is 1. The van der Waals surface area contributed by atoms with Gasteiger partial charge in [0.25, 0.3) is 17.1 Å². The minimum atomic E-state index is -1.94. The van der Waals surface area contributed by atoms with Crippen molar-refractivity contribution in [2.24, 2.45) is 0 Å². The van der Waals surface area contributed by atoms with E-state index in [0.717, 1.165) is 119 Å². The highest BCUT2D eigenvalue weighted by Gasteiger charge is 2.22. The largest absolute Gasteiger partial charge is 0.488 e. The summed E-state index contributed by atoms with van der Waals surface area (Å²) in [7, 11) is -3.72. The van der Waals surface area contributed by atoms with Crippen LogP contribution in [0.3, 0.4) is 0 Å². The predicted octanol–water partition coefficient (Wildman–Crippen LogP) is 10.2. The van der Waals surface area contributed by atoms with Crippen LogP contribution in [0.1, 0.15) is 49.3 Å². The number of aliphatic hydroxyl groups excluding tert-OH is 4. The molecule has 0 bridgehead atoms. The summed E-state index contributed by atoms with van der Waals surface area (Å²) in [6.45, 7) is 6.22. The molecule has 4 heterocycles. The number of carbonyl (C=O) groups excluding carboxylic acids is 2. The zero-order chi connectivity index (χ0) is 82.8. The number of ketones is 2. The SMILES string of the molecule is C=CC(=O)Cc1cc(CCl)cc(-c2cnc3ccccc3n2)c1.C=CC(=O)Cc1cc(CO)cc(-c2cnc3ccccc3n2)c1.Nc1cc(CO)cc(-c2cnc3ccccc3n2)c1.O=C(O)c1cc(B(O)O)cc([N+](=O)[O-])c1.O=[N+]([O-])c1cc(CO)cc(-c2cnc3ccccc3n2)c1.O=[N+]([O-])c1cc(CO)cc(B(O)O)c1. The number of para-hydroxylation sites is 8. The molecular formula is C82H69B2ClN12O18. The first-order chi connectivity index (χ1) is 55.3. The van der Waals surface area contributed by atoms with Gasteiger partial charge in [-0.05, 0) is 165 Å². The number of nitrogens with two attached hydrogens (primary N) is 1. The number of nitrogen functional groups attached to an aromatic ring is 1. The van der Waals surface area contributed by atoms with Crippen molar-refractivity contribution < 1.29 is 74.8 Å². The fourth-order valence-corrected chi connectivity index (χ4v) is 11.3. The van der Waals surface area contributed by atoms with Gasteiger partial charge >= 0.3 is 20.2 Å². The third kappa shape index (κ3) is 24.0. The van der Waals surface area contributed by atoms with Crippen molar-refractivity contribution in [1.29, 1.82) is 0 Å². The fraction of sp³-hybridized carbons (Fsp3) is 0.0854. The lowest BCUT2D eigenvalue weighted by Crippen LogP contribution is -2.30. The molecule has 0 fully saturated rings. The number of hydrogen-bond donors (Lipinski definition) is 10. The summed E-state index contributed by atoms with van der Waals surface area (Å²) in [5.74, 6) is -1.08. The lowest BCUT2D eigenvalue weighted by molar-refractivity contribution is -0.385. The van der Waals surface area contributed by atoms with E-state index in [2.05, 4.69) is 53.0 Å². The Kier molecular flexibility index (Phi) is 30.1. The zero-order valence-electron chi connectivity index (χ0n) is 60.7. The van der Waals surface area contributed by atoms with E-state index in [1.165, 1.54) is 36.4 Å². The number of aliphatic hydroxyl groups is 4. The van der Waals surface area contributed by atoms with Crippen LogP contribution in [0, 0.1) is 30.3 Å². The third-order valence-electron chi connectivity index (χ3n) is 16.6. The fourth-order valence-electron chi connectivity index (χ4n) is 11.2. The molecule has 10 aromatic carbocycles. The minimum Gasteiger partial charge on any atom is -0.478 e. The number of aromatic carboxylic acids is 1. The van der Waals surface area contributed by atoms with Gasteiger partial charge in [-0.1, -0.05) is 79.9 Å². The average molecular weight is 1570 g/mol. The third-order valence-corrected chi connectivity index (χ3v) is 16.9. The molecule has 578 valence electrons. The minimum absolute atomic E-state index is 0.0109. The predicted molar refractivity (Wildman–Crippen MR) is 435 cm³/mol.